The minimum atomic E-state index is 0.187. The van der Waals surface area contributed by atoms with E-state index in [1.54, 1.807) is 4.90 Å². The van der Waals surface area contributed by atoms with Crippen LogP contribution in [0.1, 0.15) is 40.0 Å². The minimum Gasteiger partial charge on any atom is -0.328 e. The molecular formula is C11H22N2O. The fourth-order valence-electron chi connectivity index (χ4n) is 2.13. The molecule has 0 aliphatic carbocycles. The van der Waals surface area contributed by atoms with Crippen LogP contribution < -0.4 is 0 Å². The van der Waals surface area contributed by atoms with Crippen molar-refractivity contribution in [3.05, 3.63) is 0 Å². The molecule has 3 heteroatoms. The number of urea groups is 1. The molecule has 1 aliphatic heterocycles. The maximum absolute atomic E-state index is 12.0. The van der Waals surface area contributed by atoms with Gasteiger partial charge in [0.15, 0.2) is 0 Å². The molecule has 2 amide bonds. The molecule has 1 fully saturated rings. The average Bonchev–Trinajstić information content (AvgIpc) is 2.16. The predicted octanol–water partition coefficient (Wildman–Crippen LogP) is 2.32. The SMILES string of the molecule is CCN(C)C(=O)N1C(C)CCCC1C. The predicted molar refractivity (Wildman–Crippen MR) is 58.3 cm³/mol. The van der Waals surface area contributed by atoms with E-state index in [0.29, 0.717) is 12.1 Å². The van der Waals surface area contributed by atoms with Gasteiger partial charge >= 0.3 is 6.03 Å². The summed E-state index contributed by atoms with van der Waals surface area (Å²) in [6.07, 6.45) is 3.54. The quantitative estimate of drug-likeness (QED) is 0.634. The molecule has 0 saturated carbocycles. The molecule has 0 N–H and O–H groups in total. The van der Waals surface area contributed by atoms with Gasteiger partial charge in [0.2, 0.25) is 0 Å². The molecule has 2 unspecified atom stereocenters. The minimum absolute atomic E-state index is 0.187. The van der Waals surface area contributed by atoms with Gasteiger partial charge in [-0.1, -0.05) is 0 Å². The van der Waals surface area contributed by atoms with Crippen molar-refractivity contribution >= 4 is 6.03 Å². The van der Waals surface area contributed by atoms with Gasteiger partial charge in [0.25, 0.3) is 0 Å². The second-order valence-corrected chi connectivity index (χ2v) is 4.33. The molecule has 1 heterocycles. The van der Waals surface area contributed by atoms with Crippen LogP contribution in [0.25, 0.3) is 0 Å². The van der Waals surface area contributed by atoms with E-state index in [1.807, 2.05) is 18.9 Å². The summed E-state index contributed by atoms with van der Waals surface area (Å²) >= 11 is 0. The van der Waals surface area contributed by atoms with Crippen LogP contribution in [-0.2, 0) is 0 Å². The first-order valence-corrected chi connectivity index (χ1v) is 5.61. The zero-order valence-corrected chi connectivity index (χ0v) is 9.79. The Labute approximate surface area is 87.1 Å². The zero-order chi connectivity index (χ0) is 10.7. The summed E-state index contributed by atoms with van der Waals surface area (Å²) in [5.74, 6) is 0. The first-order chi connectivity index (χ1) is 6.57. The fourth-order valence-corrected chi connectivity index (χ4v) is 2.13. The first-order valence-electron chi connectivity index (χ1n) is 5.61. The fraction of sp³-hybridized carbons (Fsp3) is 0.909. The van der Waals surface area contributed by atoms with Gasteiger partial charge < -0.3 is 9.80 Å². The average molecular weight is 198 g/mol. The Hall–Kier alpha value is -0.730. The number of amides is 2. The van der Waals surface area contributed by atoms with Crippen molar-refractivity contribution in [2.45, 2.75) is 52.1 Å². The molecule has 0 aromatic rings. The Morgan fingerprint density at radius 1 is 1.36 bits per heavy atom. The summed E-state index contributed by atoms with van der Waals surface area (Å²) < 4.78 is 0. The topological polar surface area (TPSA) is 23.6 Å². The van der Waals surface area contributed by atoms with Crippen molar-refractivity contribution in [3.8, 4) is 0 Å². The monoisotopic (exact) mass is 198 g/mol. The van der Waals surface area contributed by atoms with Gasteiger partial charge in [-0.2, -0.15) is 0 Å². The van der Waals surface area contributed by atoms with Crippen molar-refractivity contribution in [1.82, 2.24) is 9.80 Å². The number of carbonyl (C=O) groups is 1. The molecule has 0 spiro atoms. The highest BCUT2D eigenvalue weighted by Crippen LogP contribution is 2.23. The maximum atomic E-state index is 12.0. The van der Waals surface area contributed by atoms with Crippen LogP contribution in [0.4, 0.5) is 4.79 Å². The zero-order valence-electron chi connectivity index (χ0n) is 9.79. The Morgan fingerprint density at radius 2 is 1.86 bits per heavy atom. The van der Waals surface area contributed by atoms with Crippen molar-refractivity contribution in [1.29, 1.82) is 0 Å². The van der Waals surface area contributed by atoms with E-state index < -0.39 is 0 Å². The Balaban J connectivity index is 2.67. The normalized spacial score (nSPS) is 27.6. The van der Waals surface area contributed by atoms with E-state index in [9.17, 15) is 4.79 Å². The van der Waals surface area contributed by atoms with Gasteiger partial charge in [0.1, 0.15) is 0 Å². The van der Waals surface area contributed by atoms with Gasteiger partial charge in [-0.15, -0.1) is 0 Å². The second-order valence-electron chi connectivity index (χ2n) is 4.33. The molecule has 1 saturated heterocycles. The van der Waals surface area contributed by atoms with E-state index in [1.165, 1.54) is 6.42 Å². The molecule has 0 radical (unpaired) electrons. The summed E-state index contributed by atoms with van der Waals surface area (Å²) in [7, 11) is 1.87. The summed E-state index contributed by atoms with van der Waals surface area (Å²) in [5, 5.41) is 0. The number of nitrogens with zero attached hydrogens (tertiary/aromatic N) is 2. The lowest BCUT2D eigenvalue weighted by atomic mass is 9.98. The molecule has 14 heavy (non-hydrogen) atoms. The first kappa shape index (κ1) is 11.3. The van der Waals surface area contributed by atoms with Gasteiger partial charge in [-0.3, -0.25) is 0 Å². The third-order valence-corrected chi connectivity index (χ3v) is 3.22. The van der Waals surface area contributed by atoms with Crippen LogP contribution in [-0.4, -0.2) is 41.5 Å². The van der Waals surface area contributed by atoms with Gasteiger partial charge in [0.05, 0.1) is 0 Å². The highest BCUT2D eigenvalue weighted by Gasteiger charge is 2.30. The standard InChI is InChI=1S/C11H22N2O/c1-5-12(4)11(14)13-9(2)7-6-8-10(13)3/h9-10H,5-8H2,1-4H3. The third kappa shape index (κ3) is 2.20. The van der Waals surface area contributed by atoms with Crippen LogP contribution in [0, 0.1) is 0 Å². The smallest absolute Gasteiger partial charge is 0.320 e. The molecule has 0 aromatic heterocycles. The Kier molecular flexibility index (Phi) is 3.78. The molecule has 0 aromatic carbocycles. The van der Waals surface area contributed by atoms with Crippen LogP contribution in [0.3, 0.4) is 0 Å². The molecule has 2 atom stereocenters. The Morgan fingerprint density at radius 3 is 2.29 bits per heavy atom. The number of hydrogen-bond acceptors (Lipinski definition) is 1. The summed E-state index contributed by atoms with van der Waals surface area (Å²) in [5.41, 5.74) is 0. The summed E-state index contributed by atoms with van der Waals surface area (Å²) in [4.78, 5) is 15.8. The third-order valence-electron chi connectivity index (χ3n) is 3.22. The molecule has 1 rings (SSSR count). The maximum Gasteiger partial charge on any atom is 0.320 e. The van der Waals surface area contributed by atoms with Gasteiger partial charge in [-0.05, 0) is 40.0 Å². The summed E-state index contributed by atoms with van der Waals surface area (Å²) in [6.45, 7) is 7.10. The Bertz CT molecular complexity index is 195. The number of piperidine rings is 1. The van der Waals surface area contributed by atoms with E-state index in [4.69, 9.17) is 0 Å². The largest absolute Gasteiger partial charge is 0.328 e. The van der Waals surface area contributed by atoms with Crippen molar-refractivity contribution in [2.24, 2.45) is 0 Å². The highest BCUT2D eigenvalue weighted by atomic mass is 16.2. The molecule has 0 bridgehead atoms. The van der Waals surface area contributed by atoms with E-state index in [0.717, 1.165) is 19.4 Å². The molecule has 1 aliphatic rings. The number of likely N-dealkylation sites (tertiary alicyclic amines) is 1. The van der Waals surface area contributed by atoms with E-state index in [-0.39, 0.29) is 6.03 Å². The number of carbonyl (C=O) groups excluding carboxylic acids is 1. The molecule has 82 valence electrons. The van der Waals surface area contributed by atoms with Crippen molar-refractivity contribution in [3.63, 3.8) is 0 Å². The van der Waals surface area contributed by atoms with Crippen molar-refractivity contribution < 1.29 is 4.79 Å². The molecule has 3 nitrogen and oxygen atoms in total. The lowest BCUT2D eigenvalue weighted by Gasteiger charge is -2.40. The van der Waals surface area contributed by atoms with Crippen LogP contribution in [0.5, 0.6) is 0 Å². The van der Waals surface area contributed by atoms with Crippen LogP contribution >= 0.6 is 0 Å². The van der Waals surface area contributed by atoms with Crippen LogP contribution in [0.2, 0.25) is 0 Å². The molecular weight excluding hydrogens is 176 g/mol. The summed E-state index contributed by atoms with van der Waals surface area (Å²) in [6, 6.07) is 0.993. The van der Waals surface area contributed by atoms with Gasteiger partial charge in [0, 0.05) is 25.7 Å². The highest BCUT2D eigenvalue weighted by molar-refractivity contribution is 5.74. The number of rotatable bonds is 1. The van der Waals surface area contributed by atoms with E-state index in [2.05, 4.69) is 13.8 Å². The van der Waals surface area contributed by atoms with Gasteiger partial charge in [-0.25, -0.2) is 4.79 Å². The number of hydrogen-bond donors (Lipinski definition) is 0. The van der Waals surface area contributed by atoms with E-state index >= 15 is 0 Å². The lowest BCUT2D eigenvalue weighted by molar-refractivity contribution is 0.0995. The van der Waals surface area contributed by atoms with Crippen molar-refractivity contribution in [2.75, 3.05) is 13.6 Å². The van der Waals surface area contributed by atoms with Crippen LogP contribution in [0.15, 0.2) is 0 Å². The lowest BCUT2D eigenvalue weighted by Crippen LogP contribution is -2.52. The second kappa shape index (κ2) is 4.67.